The number of thioether (sulfide) groups is 1. The van der Waals surface area contributed by atoms with Gasteiger partial charge in [-0.05, 0) is 12.5 Å². The molecule has 0 aliphatic carbocycles. The van der Waals surface area contributed by atoms with Gasteiger partial charge in [0.05, 0.1) is 0 Å². The van der Waals surface area contributed by atoms with Crippen molar-refractivity contribution in [3.63, 3.8) is 0 Å². The van der Waals surface area contributed by atoms with Crippen LogP contribution < -0.4 is 0 Å². The fraction of sp³-hybridized carbons (Fsp3) is 0.364. The molecule has 1 nitrogen and oxygen atoms in total. The summed E-state index contributed by atoms with van der Waals surface area (Å²) >= 11 is 1.81. The van der Waals surface area contributed by atoms with Crippen molar-refractivity contribution in [1.29, 1.82) is 0 Å². The van der Waals surface area contributed by atoms with Crippen LogP contribution in [0.3, 0.4) is 0 Å². The predicted molar refractivity (Wildman–Crippen MR) is 58.0 cm³/mol. The molecule has 0 fully saturated rings. The summed E-state index contributed by atoms with van der Waals surface area (Å²) in [6.07, 6.45) is 1.64. The quantitative estimate of drug-likeness (QED) is 0.529. The highest BCUT2D eigenvalue weighted by molar-refractivity contribution is 7.98. The zero-order valence-corrected chi connectivity index (χ0v) is 8.64. The highest BCUT2D eigenvalue weighted by Crippen LogP contribution is 2.13. The van der Waals surface area contributed by atoms with Crippen LogP contribution in [0.2, 0.25) is 0 Å². The van der Waals surface area contributed by atoms with E-state index in [1.165, 1.54) is 11.1 Å². The van der Waals surface area contributed by atoms with E-state index in [2.05, 4.69) is 31.2 Å². The lowest BCUT2D eigenvalue weighted by Gasteiger charge is -2.00. The van der Waals surface area contributed by atoms with E-state index in [1.807, 2.05) is 0 Å². The topological polar surface area (TPSA) is 17.1 Å². The summed E-state index contributed by atoms with van der Waals surface area (Å²) in [5, 5.41) is 0. The molecule has 0 heterocycles. The molecule has 1 aromatic rings. The van der Waals surface area contributed by atoms with E-state index < -0.39 is 0 Å². The number of hydrogen-bond donors (Lipinski definition) is 0. The molecular formula is C11H14OS. The molecule has 0 aliphatic rings. The molecule has 2 heteroatoms. The van der Waals surface area contributed by atoms with Crippen molar-refractivity contribution in [3.8, 4) is 0 Å². The summed E-state index contributed by atoms with van der Waals surface area (Å²) in [5.41, 5.74) is 2.63. The van der Waals surface area contributed by atoms with Gasteiger partial charge in [0.15, 0.2) is 0 Å². The Hall–Kier alpha value is -0.760. The molecule has 0 N–H and O–H groups in total. The molecule has 0 amide bonds. The third-order valence-electron chi connectivity index (χ3n) is 1.77. The maximum absolute atomic E-state index is 10.0. The molecule has 0 bridgehead atoms. The summed E-state index contributed by atoms with van der Waals surface area (Å²) in [5.74, 6) is 1.94. The molecule has 0 spiro atoms. The first-order valence-corrected chi connectivity index (χ1v) is 5.55. The first-order valence-electron chi connectivity index (χ1n) is 4.40. The van der Waals surface area contributed by atoms with Crippen molar-refractivity contribution < 1.29 is 4.79 Å². The minimum Gasteiger partial charge on any atom is -0.303 e. The summed E-state index contributed by atoms with van der Waals surface area (Å²) in [6, 6.07) is 8.53. The molecule has 1 rings (SSSR count). The van der Waals surface area contributed by atoms with Gasteiger partial charge < -0.3 is 4.79 Å². The number of carbonyl (C=O) groups excluding carboxylic acids is 1. The van der Waals surface area contributed by atoms with Crippen LogP contribution in [-0.4, -0.2) is 12.0 Å². The van der Waals surface area contributed by atoms with Crippen LogP contribution in [-0.2, 0) is 10.5 Å². The van der Waals surface area contributed by atoms with E-state index in [0.717, 1.165) is 17.8 Å². The second-order valence-corrected chi connectivity index (χ2v) is 4.10. The molecular weight excluding hydrogens is 180 g/mol. The molecule has 70 valence electrons. The lowest BCUT2D eigenvalue weighted by molar-refractivity contribution is -0.107. The Morgan fingerprint density at radius 2 is 2.00 bits per heavy atom. The van der Waals surface area contributed by atoms with Crippen LogP contribution in [0.1, 0.15) is 17.5 Å². The van der Waals surface area contributed by atoms with E-state index in [-0.39, 0.29) is 0 Å². The smallest absolute Gasteiger partial charge is 0.120 e. The van der Waals surface area contributed by atoms with Crippen molar-refractivity contribution in [1.82, 2.24) is 0 Å². The van der Waals surface area contributed by atoms with Crippen molar-refractivity contribution in [2.24, 2.45) is 0 Å². The van der Waals surface area contributed by atoms with Gasteiger partial charge in [-0.1, -0.05) is 29.8 Å². The number of rotatable bonds is 5. The third kappa shape index (κ3) is 4.13. The molecule has 13 heavy (non-hydrogen) atoms. The highest BCUT2D eigenvalue weighted by atomic mass is 32.2. The second kappa shape index (κ2) is 5.81. The number of benzene rings is 1. The largest absolute Gasteiger partial charge is 0.303 e. The SMILES string of the molecule is Cc1ccc(CSCCC=O)cc1. The minimum absolute atomic E-state index is 0.663. The van der Waals surface area contributed by atoms with E-state index in [1.54, 1.807) is 11.8 Å². The number of carbonyl (C=O) groups is 1. The molecule has 0 radical (unpaired) electrons. The Morgan fingerprint density at radius 1 is 1.31 bits per heavy atom. The van der Waals surface area contributed by atoms with E-state index >= 15 is 0 Å². The van der Waals surface area contributed by atoms with Crippen LogP contribution in [0.5, 0.6) is 0 Å². The fourth-order valence-electron chi connectivity index (χ4n) is 1.01. The number of aryl methyl sites for hydroxylation is 1. The summed E-state index contributed by atoms with van der Waals surface area (Å²) in [7, 11) is 0. The van der Waals surface area contributed by atoms with Crippen molar-refractivity contribution in [2.75, 3.05) is 5.75 Å². The van der Waals surface area contributed by atoms with Crippen molar-refractivity contribution in [3.05, 3.63) is 35.4 Å². The Kier molecular flexibility index (Phi) is 4.61. The lowest BCUT2D eigenvalue weighted by atomic mass is 10.2. The summed E-state index contributed by atoms with van der Waals surface area (Å²) in [6.45, 7) is 2.09. The number of aldehydes is 1. The highest BCUT2D eigenvalue weighted by Gasteiger charge is 1.92. The first kappa shape index (κ1) is 10.3. The Bertz CT molecular complexity index is 253. The zero-order valence-electron chi connectivity index (χ0n) is 7.82. The van der Waals surface area contributed by atoms with Crippen LogP contribution >= 0.6 is 11.8 Å². The van der Waals surface area contributed by atoms with Crippen molar-refractivity contribution >= 4 is 18.0 Å². The normalized spacial score (nSPS) is 9.92. The maximum atomic E-state index is 10.0. The molecule has 1 aromatic carbocycles. The molecule has 0 saturated carbocycles. The van der Waals surface area contributed by atoms with Gasteiger partial charge >= 0.3 is 0 Å². The fourth-order valence-corrected chi connectivity index (χ4v) is 1.84. The predicted octanol–water partition coefficient (Wildman–Crippen LogP) is 2.82. The Morgan fingerprint density at radius 3 is 2.62 bits per heavy atom. The van der Waals surface area contributed by atoms with Gasteiger partial charge in [0, 0.05) is 17.9 Å². The molecule has 0 unspecified atom stereocenters. The van der Waals surface area contributed by atoms with Crippen LogP contribution in [0.25, 0.3) is 0 Å². The third-order valence-corrected chi connectivity index (χ3v) is 2.83. The summed E-state index contributed by atoms with van der Waals surface area (Å²) in [4.78, 5) is 10.0. The number of hydrogen-bond acceptors (Lipinski definition) is 2. The lowest BCUT2D eigenvalue weighted by Crippen LogP contribution is -1.84. The summed E-state index contributed by atoms with van der Waals surface area (Å²) < 4.78 is 0. The standard InChI is InChI=1S/C11H14OS/c1-10-3-5-11(6-4-10)9-13-8-2-7-12/h3-7H,2,8-9H2,1H3. The maximum Gasteiger partial charge on any atom is 0.120 e. The van der Waals surface area contributed by atoms with Crippen LogP contribution in [0.4, 0.5) is 0 Å². The van der Waals surface area contributed by atoms with Crippen LogP contribution in [0.15, 0.2) is 24.3 Å². The van der Waals surface area contributed by atoms with Gasteiger partial charge in [0.1, 0.15) is 6.29 Å². The Balaban J connectivity index is 2.28. The van der Waals surface area contributed by atoms with Crippen molar-refractivity contribution in [2.45, 2.75) is 19.1 Å². The second-order valence-electron chi connectivity index (χ2n) is 2.99. The average molecular weight is 194 g/mol. The van der Waals surface area contributed by atoms with Gasteiger partial charge in [-0.15, -0.1) is 0 Å². The van der Waals surface area contributed by atoms with Gasteiger partial charge in [-0.3, -0.25) is 0 Å². The van der Waals surface area contributed by atoms with Gasteiger partial charge in [0.25, 0.3) is 0 Å². The zero-order chi connectivity index (χ0) is 9.52. The van der Waals surface area contributed by atoms with E-state index in [0.29, 0.717) is 6.42 Å². The average Bonchev–Trinajstić information content (AvgIpc) is 2.15. The molecule has 0 atom stereocenters. The van der Waals surface area contributed by atoms with Gasteiger partial charge in [-0.25, -0.2) is 0 Å². The Labute approximate surface area is 83.5 Å². The monoisotopic (exact) mass is 194 g/mol. The molecule has 0 aromatic heterocycles. The first-order chi connectivity index (χ1) is 6.33. The van der Waals surface area contributed by atoms with Gasteiger partial charge in [-0.2, -0.15) is 11.8 Å². The van der Waals surface area contributed by atoms with Crippen LogP contribution in [0, 0.1) is 6.92 Å². The molecule has 0 aliphatic heterocycles. The minimum atomic E-state index is 0.663. The van der Waals surface area contributed by atoms with Gasteiger partial charge in [0.2, 0.25) is 0 Å². The van der Waals surface area contributed by atoms with E-state index in [9.17, 15) is 4.79 Å². The molecule has 0 saturated heterocycles. The van der Waals surface area contributed by atoms with E-state index in [4.69, 9.17) is 0 Å².